The highest BCUT2D eigenvalue weighted by molar-refractivity contribution is 9.10. The number of carbonyl (C=O) groups is 2. The van der Waals surface area contributed by atoms with Gasteiger partial charge in [-0.1, -0.05) is 0 Å². The Balaban J connectivity index is 3.07. The quantitative estimate of drug-likeness (QED) is 0.860. The first-order chi connectivity index (χ1) is 6.02. The zero-order chi connectivity index (χ0) is 10.0. The number of carbonyl (C=O) groups excluding carboxylic acids is 1. The minimum absolute atomic E-state index is 0.0974. The van der Waals surface area contributed by atoms with Crippen LogP contribution in [-0.2, 0) is 4.79 Å². The minimum Gasteiger partial charge on any atom is -0.478 e. The number of rotatable bonds is 2. The monoisotopic (exact) mass is 263 g/mol. The number of hydrogen-bond donors (Lipinski definition) is 2. The van der Waals surface area contributed by atoms with Crippen LogP contribution >= 0.6 is 27.3 Å². The lowest BCUT2D eigenvalue weighted by atomic mass is 10.3. The summed E-state index contributed by atoms with van der Waals surface area (Å²) < 4.78 is 0.480. The summed E-state index contributed by atoms with van der Waals surface area (Å²) in [4.78, 5) is 21.4. The highest BCUT2D eigenvalue weighted by Crippen LogP contribution is 2.31. The molecule has 0 unspecified atom stereocenters. The van der Waals surface area contributed by atoms with E-state index in [1.807, 2.05) is 0 Å². The van der Waals surface area contributed by atoms with Gasteiger partial charge < -0.3 is 10.4 Å². The summed E-state index contributed by atoms with van der Waals surface area (Å²) in [6, 6.07) is 0. The van der Waals surface area contributed by atoms with Crippen molar-refractivity contribution in [3.63, 3.8) is 0 Å². The molecule has 0 aliphatic carbocycles. The van der Waals surface area contributed by atoms with Gasteiger partial charge in [-0.3, -0.25) is 4.79 Å². The van der Waals surface area contributed by atoms with Crippen molar-refractivity contribution in [2.24, 2.45) is 0 Å². The van der Waals surface area contributed by atoms with E-state index in [4.69, 9.17) is 5.11 Å². The summed E-state index contributed by atoms with van der Waals surface area (Å²) in [7, 11) is 0. The zero-order valence-corrected chi connectivity index (χ0v) is 9.03. The molecule has 6 heteroatoms. The molecule has 0 atom stereocenters. The first-order valence-corrected chi connectivity index (χ1v) is 4.97. The van der Waals surface area contributed by atoms with Crippen molar-refractivity contribution in [3.8, 4) is 0 Å². The maximum Gasteiger partial charge on any atom is 0.339 e. The van der Waals surface area contributed by atoms with Crippen molar-refractivity contribution in [3.05, 3.63) is 15.4 Å². The van der Waals surface area contributed by atoms with Gasteiger partial charge in [0.2, 0.25) is 5.91 Å². The highest BCUT2D eigenvalue weighted by Gasteiger charge is 2.17. The lowest BCUT2D eigenvalue weighted by Crippen LogP contribution is -2.08. The maximum absolute atomic E-state index is 10.7. The van der Waals surface area contributed by atoms with Crippen LogP contribution in [-0.4, -0.2) is 17.0 Å². The molecule has 1 aromatic heterocycles. The standard InChI is InChI=1S/C7H6BrNO3S/c1-3(10)9-6-5(7(11)12)4(8)2-13-6/h2H,1H3,(H,9,10)(H,11,12). The van der Waals surface area contributed by atoms with E-state index in [0.29, 0.717) is 9.47 Å². The Labute approximate surface area is 86.7 Å². The molecule has 1 rings (SSSR count). The van der Waals surface area contributed by atoms with E-state index in [9.17, 15) is 9.59 Å². The summed E-state index contributed by atoms with van der Waals surface area (Å²) in [5, 5.41) is 13.2. The van der Waals surface area contributed by atoms with Crippen LogP contribution in [0.5, 0.6) is 0 Å². The van der Waals surface area contributed by atoms with E-state index in [1.54, 1.807) is 5.38 Å². The first-order valence-electron chi connectivity index (χ1n) is 3.30. The molecule has 70 valence electrons. The van der Waals surface area contributed by atoms with Crippen LogP contribution in [0.25, 0.3) is 0 Å². The molecular weight excluding hydrogens is 258 g/mol. The fourth-order valence-corrected chi connectivity index (χ4v) is 2.42. The van der Waals surface area contributed by atoms with Crippen molar-refractivity contribution in [1.29, 1.82) is 0 Å². The van der Waals surface area contributed by atoms with E-state index in [1.165, 1.54) is 18.3 Å². The molecule has 1 amide bonds. The molecule has 0 saturated heterocycles. The summed E-state index contributed by atoms with van der Waals surface area (Å²) in [5.74, 6) is -1.34. The van der Waals surface area contributed by atoms with E-state index in [2.05, 4.69) is 21.2 Å². The second kappa shape index (κ2) is 3.89. The molecule has 0 aliphatic heterocycles. The smallest absolute Gasteiger partial charge is 0.339 e. The number of halogens is 1. The topological polar surface area (TPSA) is 66.4 Å². The lowest BCUT2D eigenvalue weighted by Gasteiger charge is -1.99. The Morgan fingerprint density at radius 1 is 1.62 bits per heavy atom. The Hall–Kier alpha value is -0.880. The molecule has 2 N–H and O–H groups in total. The van der Waals surface area contributed by atoms with Crippen molar-refractivity contribution >= 4 is 44.1 Å². The average molecular weight is 264 g/mol. The molecule has 4 nitrogen and oxygen atoms in total. The molecule has 0 radical (unpaired) electrons. The van der Waals surface area contributed by atoms with Crippen LogP contribution in [0.2, 0.25) is 0 Å². The van der Waals surface area contributed by atoms with Crippen molar-refractivity contribution in [2.45, 2.75) is 6.92 Å². The molecule has 0 bridgehead atoms. The molecule has 1 heterocycles. The van der Waals surface area contributed by atoms with Crippen LogP contribution < -0.4 is 5.32 Å². The molecule has 0 aromatic carbocycles. The van der Waals surface area contributed by atoms with Gasteiger partial charge in [-0.2, -0.15) is 0 Å². The number of carboxylic acid groups (broad SMARTS) is 1. The molecule has 0 saturated carbocycles. The third kappa shape index (κ3) is 2.28. The Kier molecular flexibility index (Phi) is 3.05. The summed E-state index contributed by atoms with van der Waals surface area (Å²) in [6.07, 6.45) is 0. The van der Waals surface area contributed by atoms with Gasteiger partial charge >= 0.3 is 5.97 Å². The number of anilines is 1. The van der Waals surface area contributed by atoms with Gasteiger partial charge in [-0.05, 0) is 15.9 Å². The molecule has 13 heavy (non-hydrogen) atoms. The molecule has 0 spiro atoms. The van der Waals surface area contributed by atoms with Gasteiger partial charge in [0.1, 0.15) is 10.6 Å². The average Bonchev–Trinajstić information content (AvgIpc) is 2.30. The fourth-order valence-electron chi connectivity index (χ4n) is 0.788. The van der Waals surface area contributed by atoms with Crippen molar-refractivity contribution in [1.82, 2.24) is 0 Å². The van der Waals surface area contributed by atoms with Gasteiger partial charge in [0.15, 0.2) is 0 Å². The van der Waals surface area contributed by atoms with Crippen LogP contribution in [0.15, 0.2) is 9.85 Å². The van der Waals surface area contributed by atoms with E-state index >= 15 is 0 Å². The number of amides is 1. The summed E-state index contributed by atoms with van der Waals surface area (Å²) in [6.45, 7) is 1.33. The minimum atomic E-state index is -1.06. The van der Waals surface area contributed by atoms with E-state index in [0.717, 1.165) is 0 Å². The second-order valence-corrected chi connectivity index (χ2v) is 4.01. The van der Waals surface area contributed by atoms with Crippen LogP contribution in [0, 0.1) is 0 Å². The van der Waals surface area contributed by atoms with E-state index in [-0.39, 0.29) is 11.5 Å². The number of aromatic carboxylic acids is 1. The Bertz CT molecular complexity index is 361. The van der Waals surface area contributed by atoms with Gasteiger partial charge in [0.05, 0.1) is 0 Å². The number of hydrogen-bond acceptors (Lipinski definition) is 3. The number of carboxylic acids is 1. The van der Waals surface area contributed by atoms with Crippen LogP contribution in [0.3, 0.4) is 0 Å². The van der Waals surface area contributed by atoms with Gasteiger partial charge in [0, 0.05) is 16.8 Å². The first kappa shape index (κ1) is 10.2. The second-order valence-electron chi connectivity index (χ2n) is 2.27. The normalized spacial score (nSPS) is 9.69. The van der Waals surface area contributed by atoms with Crippen LogP contribution in [0.1, 0.15) is 17.3 Å². The van der Waals surface area contributed by atoms with Gasteiger partial charge in [-0.25, -0.2) is 4.79 Å². The third-order valence-electron chi connectivity index (χ3n) is 1.25. The Morgan fingerprint density at radius 3 is 2.69 bits per heavy atom. The highest BCUT2D eigenvalue weighted by atomic mass is 79.9. The molecule has 0 fully saturated rings. The number of thiophene rings is 1. The maximum atomic E-state index is 10.7. The molecular formula is C7H6BrNO3S. The molecule has 1 aromatic rings. The predicted molar refractivity (Wildman–Crippen MR) is 53.3 cm³/mol. The molecule has 0 aliphatic rings. The SMILES string of the molecule is CC(=O)Nc1scc(Br)c1C(=O)O. The van der Waals surface area contributed by atoms with Crippen LogP contribution in [0.4, 0.5) is 5.00 Å². The lowest BCUT2D eigenvalue weighted by molar-refractivity contribution is -0.114. The predicted octanol–water partition coefficient (Wildman–Crippen LogP) is 2.17. The van der Waals surface area contributed by atoms with Crippen molar-refractivity contribution in [2.75, 3.05) is 5.32 Å². The van der Waals surface area contributed by atoms with Gasteiger partial charge in [0.25, 0.3) is 0 Å². The summed E-state index contributed by atoms with van der Waals surface area (Å²) in [5.41, 5.74) is 0.0974. The van der Waals surface area contributed by atoms with Gasteiger partial charge in [-0.15, -0.1) is 11.3 Å². The summed E-state index contributed by atoms with van der Waals surface area (Å²) >= 11 is 4.26. The third-order valence-corrected chi connectivity index (χ3v) is 3.07. The van der Waals surface area contributed by atoms with Crippen molar-refractivity contribution < 1.29 is 14.7 Å². The fraction of sp³-hybridized carbons (Fsp3) is 0.143. The number of nitrogens with one attached hydrogen (secondary N) is 1. The largest absolute Gasteiger partial charge is 0.478 e. The zero-order valence-electron chi connectivity index (χ0n) is 6.63. The Morgan fingerprint density at radius 2 is 2.23 bits per heavy atom. The van der Waals surface area contributed by atoms with E-state index < -0.39 is 5.97 Å².